The summed E-state index contributed by atoms with van der Waals surface area (Å²) >= 11 is 12.2. The molecule has 0 unspecified atom stereocenters. The summed E-state index contributed by atoms with van der Waals surface area (Å²) in [7, 11) is 1.50. The van der Waals surface area contributed by atoms with Crippen LogP contribution >= 0.6 is 23.2 Å². The molecule has 0 aliphatic rings. The molecule has 0 amide bonds. The molecule has 0 saturated carbocycles. The zero-order valence-corrected chi connectivity index (χ0v) is 15.4. The molecule has 0 radical (unpaired) electrons. The van der Waals surface area contributed by atoms with E-state index in [0.29, 0.717) is 27.2 Å². The predicted molar refractivity (Wildman–Crippen MR) is 104 cm³/mol. The number of halogens is 2. The monoisotopic (exact) mass is 405 g/mol. The topological polar surface area (TPSA) is 99.6 Å². The van der Waals surface area contributed by atoms with Crippen LogP contribution in [0.25, 0.3) is 22.6 Å². The average Bonchev–Trinajstić information content (AvgIpc) is 2.98. The highest BCUT2D eigenvalue weighted by molar-refractivity contribution is 6.39. The molecule has 0 bridgehead atoms. The van der Waals surface area contributed by atoms with Gasteiger partial charge in [-0.1, -0.05) is 35.3 Å². The molecule has 3 aromatic rings. The van der Waals surface area contributed by atoms with Crippen molar-refractivity contribution in [1.29, 1.82) is 0 Å². The molecule has 8 heteroatoms. The van der Waals surface area contributed by atoms with Gasteiger partial charge >= 0.3 is 11.9 Å². The minimum Gasteiger partial charge on any atom is -0.497 e. The molecule has 6 nitrogen and oxygen atoms in total. The van der Waals surface area contributed by atoms with Crippen LogP contribution in [0.5, 0.6) is 5.75 Å². The van der Waals surface area contributed by atoms with Gasteiger partial charge in [0.2, 0.25) is 0 Å². The van der Waals surface area contributed by atoms with Gasteiger partial charge in [0.05, 0.1) is 17.7 Å². The van der Waals surface area contributed by atoms with Gasteiger partial charge in [-0.2, -0.15) is 0 Å². The quantitative estimate of drug-likeness (QED) is 0.529. The Balaban J connectivity index is 2.28. The molecule has 0 atom stereocenters. The van der Waals surface area contributed by atoms with Gasteiger partial charge in [0.1, 0.15) is 11.4 Å². The van der Waals surface area contributed by atoms with Crippen molar-refractivity contribution in [2.75, 3.05) is 7.11 Å². The number of nitrogens with one attached hydrogen (secondary N) is 1. The largest absolute Gasteiger partial charge is 0.497 e. The molecule has 27 heavy (non-hydrogen) atoms. The SMILES string of the molecule is COc1ccc(/C(=C\c2c(C(=O)O)[nH]c3cc(Cl)cc(Cl)c23)C(=O)O)cc1. The van der Waals surface area contributed by atoms with Crippen molar-refractivity contribution in [2.45, 2.75) is 0 Å². The molecular formula is C19H13Cl2NO5. The van der Waals surface area contributed by atoms with Gasteiger partial charge in [0.15, 0.2) is 0 Å². The maximum atomic E-state index is 11.8. The van der Waals surface area contributed by atoms with E-state index in [4.69, 9.17) is 27.9 Å². The molecule has 0 fully saturated rings. The summed E-state index contributed by atoms with van der Waals surface area (Å²) in [4.78, 5) is 26.2. The Bertz CT molecular complexity index is 1080. The van der Waals surface area contributed by atoms with E-state index >= 15 is 0 Å². The number of ether oxygens (including phenoxy) is 1. The lowest BCUT2D eigenvalue weighted by Crippen LogP contribution is -2.02. The molecule has 2 aromatic carbocycles. The number of aromatic nitrogens is 1. The number of carboxylic acids is 2. The summed E-state index contributed by atoms with van der Waals surface area (Å²) in [5.74, 6) is -1.89. The van der Waals surface area contributed by atoms with Crippen molar-refractivity contribution < 1.29 is 24.5 Å². The lowest BCUT2D eigenvalue weighted by Gasteiger charge is -2.06. The molecule has 0 aliphatic carbocycles. The first-order chi connectivity index (χ1) is 12.8. The summed E-state index contributed by atoms with van der Waals surface area (Å²) in [5.41, 5.74) is 0.676. The zero-order chi connectivity index (χ0) is 19.7. The van der Waals surface area contributed by atoms with Crippen molar-refractivity contribution in [3.8, 4) is 5.75 Å². The van der Waals surface area contributed by atoms with Gasteiger partial charge in [-0.25, -0.2) is 9.59 Å². The van der Waals surface area contributed by atoms with Crippen LogP contribution in [0.4, 0.5) is 0 Å². The number of aromatic carboxylic acids is 1. The Morgan fingerprint density at radius 3 is 2.33 bits per heavy atom. The third kappa shape index (κ3) is 3.63. The van der Waals surface area contributed by atoms with E-state index in [1.807, 2.05) is 0 Å². The minimum absolute atomic E-state index is 0.0907. The van der Waals surface area contributed by atoms with Crippen LogP contribution in [0, 0.1) is 0 Å². The fourth-order valence-corrected chi connectivity index (χ4v) is 3.36. The van der Waals surface area contributed by atoms with Crippen LogP contribution in [0.1, 0.15) is 21.6 Å². The molecule has 138 valence electrons. The second kappa shape index (κ2) is 7.34. The third-order valence-electron chi connectivity index (χ3n) is 3.99. The summed E-state index contributed by atoms with van der Waals surface area (Å²) < 4.78 is 5.07. The number of carboxylic acid groups (broad SMARTS) is 2. The number of aromatic amines is 1. The number of hydrogen-bond acceptors (Lipinski definition) is 3. The summed E-state index contributed by atoms with van der Waals surface area (Å²) in [6.45, 7) is 0. The number of fused-ring (bicyclic) bond motifs is 1. The van der Waals surface area contributed by atoms with Crippen LogP contribution < -0.4 is 4.74 Å². The number of methoxy groups -OCH3 is 1. The molecule has 1 heterocycles. The Hall–Kier alpha value is -2.96. The Kier molecular flexibility index (Phi) is 5.12. The van der Waals surface area contributed by atoms with Gasteiger partial charge in [0.25, 0.3) is 0 Å². The third-order valence-corrected chi connectivity index (χ3v) is 4.50. The number of hydrogen-bond donors (Lipinski definition) is 3. The van der Waals surface area contributed by atoms with Crippen molar-refractivity contribution >= 4 is 57.7 Å². The van der Waals surface area contributed by atoms with E-state index in [2.05, 4.69) is 4.98 Å². The van der Waals surface area contributed by atoms with Crippen LogP contribution in [0.3, 0.4) is 0 Å². The molecule has 1 aromatic heterocycles. The zero-order valence-electron chi connectivity index (χ0n) is 13.9. The smallest absolute Gasteiger partial charge is 0.352 e. The fourth-order valence-electron chi connectivity index (χ4n) is 2.77. The molecular weight excluding hydrogens is 393 g/mol. The second-order valence-corrected chi connectivity index (χ2v) is 6.46. The second-order valence-electron chi connectivity index (χ2n) is 5.62. The Labute approximate surface area is 163 Å². The van der Waals surface area contributed by atoms with Crippen LogP contribution in [-0.4, -0.2) is 34.2 Å². The van der Waals surface area contributed by atoms with Crippen molar-refractivity contribution in [1.82, 2.24) is 4.98 Å². The van der Waals surface area contributed by atoms with Gasteiger partial charge in [-0.3, -0.25) is 0 Å². The first kappa shape index (κ1) is 18.8. The van der Waals surface area contributed by atoms with Gasteiger partial charge < -0.3 is 19.9 Å². The lowest BCUT2D eigenvalue weighted by molar-refractivity contribution is -0.130. The summed E-state index contributed by atoms with van der Waals surface area (Å²) in [6.07, 6.45) is 1.28. The van der Waals surface area contributed by atoms with E-state index in [1.165, 1.54) is 25.3 Å². The van der Waals surface area contributed by atoms with Crippen molar-refractivity contribution in [3.63, 3.8) is 0 Å². The summed E-state index contributed by atoms with van der Waals surface area (Å²) in [6, 6.07) is 9.38. The fraction of sp³-hybridized carbons (Fsp3) is 0.0526. The molecule has 0 saturated heterocycles. The first-order valence-corrected chi connectivity index (χ1v) is 8.41. The van der Waals surface area contributed by atoms with Crippen LogP contribution in [0.15, 0.2) is 36.4 Å². The lowest BCUT2D eigenvalue weighted by atomic mass is 10.0. The van der Waals surface area contributed by atoms with E-state index in [-0.39, 0.29) is 21.9 Å². The number of aliphatic carboxylic acids is 1. The van der Waals surface area contributed by atoms with E-state index in [1.54, 1.807) is 24.3 Å². The van der Waals surface area contributed by atoms with E-state index in [9.17, 15) is 19.8 Å². The van der Waals surface area contributed by atoms with Crippen LogP contribution in [0.2, 0.25) is 10.0 Å². The Morgan fingerprint density at radius 1 is 1.11 bits per heavy atom. The van der Waals surface area contributed by atoms with Gasteiger partial charge in [-0.05, 0) is 35.9 Å². The predicted octanol–water partition coefficient (Wildman–Crippen LogP) is 4.81. The number of benzene rings is 2. The minimum atomic E-state index is -1.25. The van der Waals surface area contributed by atoms with Gasteiger partial charge in [0, 0.05) is 21.5 Å². The summed E-state index contributed by atoms with van der Waals surface area (Å²) in [5, 5.41) is 20.1. The molecule has 0 aliphatic heterocycles. The first-order valence-electron chi connectivity index (χ1n) is 7.65. The van der Waals surface area contributed by atoms with Gasteiger partial charge in [-0.15, -0.1) is 0 Å². The highest BCUT2D eigenvalue weighted by Gasteiger charge is 2.21. The number of carbonyl (C=O) groups is 2. The average molecular weight is 406 g/mol. The highest BCUT2D eigenvalue weighted by atomic mass is 35.5. The standard InChI is InChI=1S/C19H13Cl2NO5/c1-27-11-4-2-9(3-5-11)12(18(23)24)8-13-16-14(21)6-10(20)7-15(16)22-17(13)19(25)26/h2-8,22H,1H3,(H,23,24)(H,25,26)/b12-8+. The van der Waals surface area contributed by atoms with Crippen molar-refractivity contribution in [2.24, 2.45) is 0 Å². The highest BCUT2D eigenvalue weighted by Crippen LogP contribution is 2.35. The molecule has 3 N–H and O–H groups in total. The van der Waals surface area contributed by atoms with E-state index < -0.39 is 11.9 Å². The maximum absolute atomic E-state index is 11.8. The Morgan fingerprint density at radius 2 is 1.78 bits per heavy atom. The molecule has 0 spiro atoms. The number of H-pyrrole nitrogens is 1. The molecule has 3 rings (SSSR count). The normalized spacial score (nSPS) is 11.6. The van der Waals surface area contributed by atoms with Crippen molar-refractivity contribution in [3.05, 3.63) is 63.3 Å². The van der Waals surface area contributed by atoms with Crippen LogP contribution in [-0.2, 0) is 4.79 Å². The maximum Gasteiger partial charge on any atom is 0.352 e. The number of rotatable bonds is 5. The van der Waals surface area contributed by atoms with E-state index in [0.717, 1.165) is 0 Å².